The molecule has 1 saturated heterocycles. The number of amidine groups is 1. The molecule has 6 heteroatoms. The van der Waals surface area contributed by atoms with E-state index in [1.54, 1.807) is 0 Å². The Balaban J connectivity index is 2.74. The van der Waals surface area contributed by atoms with Gasteiger partial charge in [0, 0.05) is 6.54 Å². The fraction of sp³-hybridized carbons (Fsp3) is 0.889. The van der Waals surface area contributed by atoms with E-state index in [9.17, 15) is 15.3 Å². The molecule has 0 aromatic rings. The van der Waals surface area contributed by atoms with Gasteiger partial charge in [-0.3, -0.25) is 4.99 Å². The monoisotopic (exact) mass is 218 g/mol. The second-order valence-electron chi connectivity index (χ2n) is 3.63. The van der Waals surface area contributed by atoms with Crippen LogP contribution in [0.15, 0.2) is 4.99 Å². The second-order valence-corrected chi connectivity index (χ2v) is 3.63. The van der Waals surface area contributed by atoms with E-state index in [4.69, 9.17) is 5.11 Å². The van der Waals surface area contributed by atoms with Crippen molar-refractivity contribution in [1.29, 1.82) is 0 Å². The Morgan fingerprint density at radius 2 is 1.93 bits per heavy atom. The molecule has 4 unspecified atom stereocenters. The smallest absolute Gasteiger partial charge is 0.139 e. The standard InChI is InChI=1S/C9H18N2O4/c1-2-3-10-9-8(15)7(14)6(13)5(4-12)11-9/h5-8,12-15H,2-4H2,1H3,(H,10,11). The molecule has 0 radical (unpaired) electrons. The summed E-state index contributed by atoms with van der Waals surface area (Å²) in [4.78, 5) is 4.04. The van der Waals surface area contributed by atoms with Gasteiger partial charge in [0.15, 0.2) is 0 Å². The molecule has 88 valence electrons. The van der Waals surface area contributed by atoms with Gasteiger partial charge < -0.3 is 25.7 Å². The number of aliphatic hydroxyl groups excluding tert-OH is 4. The number of aliphatic hydroxyl groups is 4. The Morgan fingerprint density at radius 1 is 1.27 bits per heavy atom. The van der Waals surface area contributed by atoms with Gasteiger partial charge in [0.05, 0.1) is 12.6 Å². The van der Waals surface area contributed by atoms with Crippen molar-refractivity contribution < 1.29 is 20.4 Å². The lowest BCUT2D eigenvalue weighted by Crippen LogP contribution is -2.63. The molecule has 0 amide bonds. The van der Waals surface area contributed by atoms with Crippen LogP contribution in [0.1, 0.15) is 13.3 Å². The van der Waals surface area contributed by atoms with Gasteiger partial charge in [0.25, 0.3) is 0 Å². The highest BCUT2D eigenvalue weighted by Gasteiger charge is 2.39. The minimum absolute atomic E-state index is 0.230. The van der Waals surface area contributed by atoms with Gasteiger partial charge in [-0.15, -0.1) is 0 Å². The zero-order chi connectivity index (χ0) is 11.4. The number of rotatable bonds is 3. The van der Waals surface area contributed by atoms with Crippen LogP contribution in [0.2, 0.25) is 0 Å². The van der Waals surface area contributed by atoms with Gasteiger partial charge in [-0.25, -0.2) is 0 Å². The summed E-state index contributed by atoms with van der Waals surface area (Å²) in [5.41, 5.74) is 0. The average Bonchev–Trinajstić information content (AvgIpc) is 2.25. The van der Waals surface area contributed by atoms with Crippen molar-refractivity contribution in [3.05, 3.63) is 0 Å². The maximum absolute atomic E-state index is 9.56. The van der Waals surface area contributed by atoms with Crippen LogP contribution < -0.4 is 5.32 Å². The van der Waals surface area contributed by atoms with Crippen LogP contribution in [0.4, 0.5) is 0 Å². The van der Waals surface area contributed by atoms with Crippen molar-refractivity contribution in [3.63, 3.8) is 0 Å². The van der Waals surface area contributed by atoms with Crippen LogP contribution in [-0.2, 0) is 0 Å². The van der Waals surface area contributed by atoms with E-state index in [0.717, 1.165) is 6.42 Å². The highest BCUT2D eigenvalue weighted by atomic mass is 16.4. The molecule has 0 aromatic carbocycles. The van der Waals surface area contributed by atoms with E-state index in [1.165, 1.54) is 0 Å². The lowest BCUT2D eigenvalue weighted by atomic mass is 9.95. The van der Waals surface area contributed by atoms with Crippen molar-refractivity contribution in [1.82, 2.24) is 5.32 Å². The summed E-state index contributed by atoms with van der Waals surface area (Å²) in [6.07, 6.45) is -2.89. The van der Waals surface area contributed by atoms with Crippen LogP contribution in [-0.4, -0.2) is 63.8 Å². The van der Waals surface area contributed by atoms with Gasteiger partial charge in [-0.05, 0) is 6.42 Å². The maximum Gasteiger partial charge on any atom is 0.139 e. The quantitative estimate of drug-likeness (QED) is 0.371. The van der Waals surface area contributed by atoms with Crippen molar-refractivity contribution in [2.75, 3.05) is 13.2 Å². The van der Waals surface area contributed by atoms with E-state index in [0.29, 0.717) is 6.54 Å². The summed E-state index contributed by atoms with van der Waals surface area (Å²) in [6, 6.07) is -0.681. The van der Waals surface area contributed by atoms with Crippen LogP contribution in [0.5, 0.6) is 0 Å². The first-order valence-electron chi connectivity index (χ1n) is 5.07. The zero-order valence-corrected chi connectivity index (χ0v) is 8.67. The molecule has 1 fully saturated rings. The van der Waals surface area contributed by atoms with Crippen molar-refractivity contribution in [3.8, 4) is 0 Å². The zero-order valence-electron chi connectivity index (χ0n) is 8.67. The summed E-state index contributed by atoms with van der Waals surface area (Å²) in [7, 11) is 0. The fourth-order valence-corrected chi connectivity index (χ4v) is 1.47. The molecule has 0 aromatic heterocycles. The van der Waals surface area contributed by atoms with E-state index in [2.05, 4.69) is 10.3 Å². The van der Waals surface area contributed by atoms with Crippen LogP contribution in [0.3, 0.4) is 0 Å². The SMILES string of the molecule is CCCN=C1NC(CO)C(O)C(O)C1O. The maximum atomic E-state index is 9.56. The molecule has 1 rings (SSSR count). The number of piperidine rings is 1. The molecule has 15 heavy (non-hydrogen) atoms. The van der Waals surface area contributed by atoms with Gasteiger partial charge in [-0.2, -0.15) is 0 Å². The summed E-state index contributed by atoms with van der Waals surface area (Å²) < 4.78 is 0. The summed E-state index contributed by atoms with van der Waals surface area (Å²) in [5.74, 6) is 0.230. The average molecular weight is 218 g/mol. The van der Waals surface area contributed by atoms with Crippen LogP contribution >= 0.6 is 0 Å². The van der Waals surface area contributed by atoms with Crippen molar-refractivity contribution in [2.24, 2.45) is 4.99 Å². The third-order valence-corrected chi connectivity index (χ3v) is 2.40. The Labute approximate surface area is 88.3 Å². The second kappa shape index (κ2) is 5.41. The molecule has 0 aliphatic carbocycles. The summed E-state index contributed by atoms with van der Waals surface area (Å²) >= 11 is 0. The molecule has 1 aliphatic heterocycles. The van der Waals surface area contributed by atoms with Gasteiger partial charge in [-0.1, -0.05) is 6.92 Å². The molecule has 0 saturated carbocycles. The van der Waals surface area contributed by atoms with E-state index in [-0.39, 0.29) is 12.4 Å². The van der Waals surface area contributed by atoms with Gasteiger partial charge in [0.2, 0.25) is 0 Å². The molecule has 5 N–H and O–H groups in total. The third-order valence-electron chi connectivity index (χ3n) is 2.40. The number of aliphatic imine (C=N–C) groups is 1. The number of hydrogen-bond acceptors (Lipinski definition) is 5. The van der Waals surface area contributed by atoms with E-state index >= 15 is 0 Å². The number of hydrogen-bond donors (Lipinski definition) is 5. The topological polar surface area (TPSA) is 105 Å². The van der Waals surface area contributed by atoms with E-state index < -0.39 is 24.4 Å². The first kappa shape index (κ1) is 12.4. The first-order valence-corrected chi connectivity index (χ1v) is 5.07. The Morgan fingerprint density at radius 3 is 2.47 bits per heavy atom. The Hall–Kier alpha value is -0.690. The largest absolute Gasteiger partial charge is 0.394 e. The molecular formula is C9H18N2O4. The molecular weight excluding hydrogens is 200 g/mol. The molecule has 6 nitrogen and oxygen atoms in total. The minimum atomic E-state index is -1.31. The molecule has 0 spiro atoms. The fourth-order valence-electron chi connectivity index (χ4n) is 1.47. The van der Waals surface area contributed by atoms with E-state index in [1.807, 2.05) is 6.92 Å². The normalized spacial score (nSPS) is 39.1. The number of nitrogens with zero attached hydrogens (tertiary/aromatic N) is 1. The minimum Gasteiger partial charge on any atom is -0.394 e. The van der Waals surface area contributed by atoms with Crippen LogP contribution in [0, 0.1) is 0 Å². The molecule has 4 atom stereocenters. The Kier molecular flexibility index (Phi) is 4.46. The summed E-state index contributed by atoms with van der Waals surface area (Å²) in [5, 5.41) is 40.2. The van der Waals surface area contributed by atoms with Gasteiger partial charge in [0.1, 0.15) is 24.1 Å². The predicted molar refractivity (Wildman–Crippen MR) is 54.6 cm³/mol. The van der Waals surface area contributed by atoms with Crippen molar-refractivity contribution in [2.45, 2.75) is 37.7 Å². The lowest BCUT2D eigenvalue weighted by Gasteiger charge is -2.36. The predicted octanol–water partition coefficient (Wildman–Crippen LogP) is -2.16. The molecule has 1 aliphatic rings. The molecule has 0 bridgehead atoms. The Bertz CT molecular complexity index is 232. The third kappa shape index (κ3) is 2.66. The van der Waals surface area contributed by atoms with Gasteiger partial charge >= 0.3 is 0 Å². The first-order chi connectivity index (χ1) is 7.11. The molecule has 1 heterocycles. The van der Waals surface area contributed by atoms with Crippen LogP contribution in [0.25, 0.3) is 0 Å². The highest BCUT2D eigenvalue weighted by Crippen LogP contribution is 2.12. The summed E-state index contributed by atoms with van der Waals surface area (Å²) in [6.45, 7) is 2.14. The number of nitrogens with one attached hydrogen (secondary N) is 1. The lowest BCUT2D eigenvalue weighted by molar-refractivity contribution is -0.0681. The van der Waals surface area contributed by atoms with Crippen molar-refractivity contribution >= 4 is 5.84 Å². The highest BCUT2D eigenvalue weighted by molar-refractivity contribution is 5.88.